The molecular formula is C20H28N4O. The van der Waals surface area contributed by atoms with Crippen LogP contribution in [-0.4, -0.2) is 22.4 Å². The number of benzene rings is 1. The van der Waals surface area contributed by atoms with E-state index in [-0.39, 0.29) is 5.91 Å². The Morgan fingerprint density at radius 3 is 2.52 bits per heavy atom. The summed E-state index contributed by atoms with van der Waals surface area (Å²) in [7, 11) is 0. The van der Waals surface area contributed by atoms with Crippen LogP contribution < -0.4 is 10.6 Å². The van der Waals surface area contributed by atoms with Gasteiger partial charge >= 0.3 is 0 Å². The molecule has 0 fully saturated rings. The Labute approximate surface area is 150 Å². The highest BCUT2D eigenvalue weighted by molar-refractivity contribution is 6.03. The molecule has 0 radical (unpaired) electrons. The van der Waals surface area contributed by atoms with Crippen molar-refractivity contribution in [2.75, 3.05) is 17.2 Å². The minimum absolute atomic E-state index is 0.217. The standard InChI is InChI=1S/C20H28N4O/c1-13(2)10-11-21-19-12-18(22-15(5)23-19)20(25)24-17-9-7-6-8-16(17)14(3)4/h6-9,12-14H,10-11H2,1-5H3,(H,24,25)(H,21,22,23). The third-order valence-electron chi connectivity index (χ3n) is 3.93. The maximum atomic E-state index is 12.6. The number of aromatic nitrogens is 2. The van der Waals surface area contributed by atoms with Gasteiger partial charge in [0.2, 0.25) is 0 Å². The number of aryl methyl sites for hydroxylation is 1. The van der Waals surface area contributed by atoms with Crippen LogP contribution in [0.25, 0.3) is 0 Å². The number of hydrogen-bond acceptors (Lipinski definition) is 4. The fourth-order valence-electron chi connectivity index (χ4n) is 2.56. The summed E-state index contributed by atoms with van der Waals surface area (Å²) in [5, 5.41) is 6.25. The van der Waals surface area contributed by atoms with Crippen molar-refractivity contribution in [2.45, 2.75) is 47.0 Å². The van der Waals surface area contributed by atoms with Gasteiger partial charge in [0, 0.05) is 18.3 Å². The smallest absolute Gasteiger partial charge is 0.274 e. The van der Waals surface area contributed by atoms with Gasteiger partial charge in [-0.3, -0.25) is 4.79 Å². The molecule has 1 aromatic carbocycles. The molecule has 5 heteroatoms. The molecular weight excluding hydrogens is 312 g/mol. The van der Waals surface area contributed by atoms with Crippen LogP contribution in [0.1, 0.15) is 61.9 Å². The topological polar surface area (TPSA) is 66.9 Å². The van der Waals surface area contributed by atoms with E-state index >= 15 is 0 Å². The molecule has 0 bridgehead atoms. The number of carbonyl (C=O) groups excluding carboxylic acids is 1. The van der Waals surface area contributed by atoms with Crippen molar-refractivity contribution in [1.29, 1.82) is 0 Å². The second kappa shape index (κ2) is 8.60. The molecule has 0 saturated heterocycles. The van der Waals surface area contributed by atoms with Gasteiger partial charge in [-0.05, 0) is 36.8 Å². The van der Waals surface area contributed by atoms with Gasteiger partial charge < -0.3 is 10.6 Å². The summed E-state index contributed by atoms with van der Waals surface area (Å²) < 4.78 is 0. The first-order chi connectivity index (χ1) is 11.9. The van der Waals surface area contributed by atoms with Gasteiger partial charge in [0.05, 0.1) is 0 Å². The Bertz CT molecular complexity index is 725. The number of rotatable bonds is 7. The number of hydrogen-bond donors (Lipinski definition) is 2. The van der Waals surface area contributed by atoms with E-state index < -0.39 is 0 Å². The van der Waals surface area contributed by atoms with Gasteiger partial charge in [0.1, 0.15) is 17.3 Å². The minimum atomic E-state index is -0.217. The highest BCUT2D eigenvalue weighted by Crippen LogP contribution is 2.24. The van der Waals surface area contributed by atoms with Crippen LogP contribution in [0.5, 0.6) is 0 Å². The third kappa shape index (κ3) is 5.55. The third-order valence-corrected chi connectivity index (χ3v) is 3.93. The summed E-state index contributed by atoms with van der Waals surface area (Å²) in [6.07, 6.45) is 1.05. The van der Waals surface area contributed by atoms with Crippen molar-refractivity contribution in [2.24, 2.45) is 5.92 Å². The van der Waals surface area contributed by atoms with Crippen molar-refractivity contribution in [3.05, 3.63) is 47.4 Å². The van der Waals surface area contributed by atoms with Crippen molar-refractivity contribution in [3.63, 3.8) is 0 Å². The molecule has 2 rings (SSSR count). The van der Waals surface area contributed by atoms with Crippen LogP contribution in [0, 0.1) is 12.8 Å². The SMILES string of the molecule is Cc1nc(NCCC(C)C)cc(C(=O)Nc2ccccc2C(C)C)n1. The Kier molecular flexibility index (Phi) is 6.51. The van der Waals surface area contributed by atoms with E-state index in [1.807, 2.05) is 24.3 Å². The first-order valence-corrected chi connectivity index (χ1v) is 8.86. The maximum absolute atomic E-state index is 12.6. The summed E-state index contributed by atoms with van der Waals surface area (Å²) in [5.74, 6) is 2.00. The largest absolute Gasteiger partial charge is 0.370 e. The second-order valence-electron chi connectivity index (χ2n) is 6.99. The molecule has 2 N–H and O–H groups in total. The van der Waals surface area contributed by atoms with E-state index in [9.17, 15) is 4.79 Å². The van der Waals surface area contributed by atoms with Crippen LogP contribution >= 0.6 is 0 Å². The fourth-order valence-corrected chi connectivity index (χ4v) is 2.56. The van der Waals surface area contributed by atoms with Crippen LogP contribution in [0.4, 0.5) is 11.5 Å². The lowest BCUT2D eigenvalue weighted by Crippen LogP contribution is -2.17. The zero-order valence-corrected chi connectivity index (χ0v) is 15.8. The number of carbonyl (C=O) groups is 1. The molecule has 0 aliphatic carbocycles. The molecule has 0 spiro atoms. The molecule has 0 unspecified atom stereocenters. The molecule has 1 amide bonds. The second-order valence-corrected chi connectivity index (χ2v) is 6.99. The molecule has 0 aliphatic rings. The molecule has 1 heterocycles. The fraction of sp³-hybridized carbons (Fsp3) is 0.450. The number of para-hydroxylation sites is 1. The van der Waals surface area contributed by atoms with E-state index in [1.165, 1.54) is 0 Å². The van der Waals surface area contributed by atoms with Crippen molar-refractivity contribution in [3.8, 4) is 0 Å². The normalized spacial score (nSPS) is 11.0. The summed E-state index contributed by atoms with van der Waals surface area (Å²) >= 11 is 0. The molecule has 0 saturated carbocycles. The zero-order chi connectivity index (χ0) is 18.4. The van der Waals surface area contributed by atoms with Crippen LogP contribution in [-0.2, 0) is 0 Å². The average molecular weight is 340 g/mol. The number of anilines is 2. The van der Waals surface area contributed by atoms with Gasteiger partial charge in [-0.1, -0.05) is 45.9 Å². The molecule has 5 nitrogen and oxygen atoms in total. The maximum Gasteiger partial charge on any atom is 0.274 e. The van der Waals surface area contributed by atoms with Crippen LogP contribution in [0.3, 0.4) is 0 Å². The van der Waals surface area contributed by atoms with Gasteiger partial charge in [0.25, 0.3) is 5.91 Å². The van der Waals surface area contributed by atoms with E-state index in [2.05, 4.69) is 48.3 Å². The summed E-state index contributed by atoms with van der Waals surface area (Å²) in [5.41, 5.74) is 2.31. The molecule has 134 valence electrons. The van der Waals surface area contributed by atoms with Gasteiger partial charge in [-0.15, -0.1) is 0 Å². The highest BCUT2D eigenvalue weighted by atomic mass is 16.1. The Balaban J connectivity index is 2.15. The Morgan fingerprint density at radius 2 is 1.84 bits per heavy atom. The first-order valence-electron chi connectivity index (χ1n) is 8.86. The predicted octanol–water partition coefficient (Wildman–Crippen LogP) is 4.62. The van der Waals surface area contributed by atoms with Crippen LogP contribution in [0.15, 0.2) is 30.3 Å². The quantitative estimate of drug-likeness (QED) is 0.772. The summed E-state index contributed by atoms with van der Waals surface area (Å²) in [4.78, 5) is 21.3. The molecule has 0 atom stereocenters. The monoisotopic (exact) mass is 340 g/mol. The van der Waals surface area contributed by atoms with Crippen molar-refractivity contribution >= 4 is 17.4 Å². The number of amides is 1. The molecule has 25 heavy (non-hydrogen) atoms. The lowest BCUT2D eigenvalue weighted by atomic mass is 10.0. The molecule has 0 aliphatic heterocycles. The average Bonchev–Trinajstić information content (AvgIpc) is 2.54. The van der Waals surface area contributed by atoms with Gasteiger partial charge in [-0.2, -0.15) is 0 Å². The lowest BCUT2D eigenvalue weighted by molar-refractivity contribution is 0.102. The number of nitrogens with zero attached hydrogens (tertiary/aromatic N) is 2. The van der Waals surface area contributed by atoms with Crippen molar-refractivity contribution < 1.29 is 4.79 Å². The highest BCUT2D eigenvalue weighted by Gasteiger charge is 2.14. The number of nitrogens with one attached hydrogen (secondary N) is 2. The predicted molar refractivity (Wildman–Crippen MR) is 103 cm³/mol. The van der Waals surface area contributed by atoms with Crippen LogP contribution in [0.2, 0.25) is 0 Å². The Morgan fingerprint density at radius 1 is 1.12 bits per heavy atom. The van der Waals surface area contributed by atoms with Gasteiger partial charge in [0.15, 0.2) is 0 Å². The lowest BCUT2D eigenvalue weighted by Gasteiger charge is -2.14. The minimum Gasteiger partial charge on any atom is -0.370 e. The molecule has 2 aromatic rings. The van der Waals surface area contributed by atoms with Crippen molar-refractivity contribution in [1.82, 2.24) is 9.97 Å². The zero-order valence-electron chi connectivity index (χ0n) is 15.8. The Hall–Kier alpha value is -2.43. The van der Waals surface area contributed by atoms with Gasteiger partial charge in [-0.25, -0.2) is 9.97 Å². The van der Waals surface area contributed by atoms with E-state index in [0.717, 1.165) is 24.2 Å². The first kappa shape index (κ1) is 18.9. The summed E-state index contributed by atoms with van der Waals surface area (Å²) in [6.45, 7) is 11.2. The van der Waals surface area contributed by atoms with E-state index in [4.69, 9.17) is 0 Å². The summed E-state index contributed by atoms with van der Waals surface area (Å²) in [6, 6.07) is 9.57. The molecule has 1 aromatic heterocycles. The van der Waals surface area contributed by atoms with E-state index in [1.54, 1.807) is 13.0 Å². The van der Waals surface area contributed by atoms with E-state index in [0.29, 0.717) is 29.2 Å².